The van der Waals surface area contributed by atoms with Crippen molar-refractivity contribution in [2.45, 2.75) is 31.5 Å². The lowest BCUT2D eigenvalue weighted by atomic mass is 9.76. The van der Waals surface area contributed by atoms with Crippen molar-refractivity contribution in [3.05, 3.63) is 28.3 Å². The molecule has 4 rings (SSSR count). The second kappa shape index (κ2) is 6.52. The Hall–Kier alpha value is -2.00. The first-order valence-corrected chi connectivity index (χ1v) is 9.54. The number of nitrogens with zero attached hydrogens (tertiary/aromatic N) is 1. The van der Waals surface area contributed by atoms with E-state index in [-0.39, 0.29) is 13.2 Å². The fourth-order valence-electron chi connectivity index (χ4n) is 4.80. The summed E-state index contributed by atoms with van der Waals surface area (Å²) in [6.45, 7) is 3.64. The zero-order chi connectivity index (χ0) is 20.4. The standard InChI is InChI=1S/C19H22ClN3O5/c1-8-11(20)5-4-10-14(8)21-18(27)19(10)13-12(15(22-19)9(2)24)16(25)23(17(13)26)6-7-28-3/h4-5,9,12-13,15,22,24H,6-7H2,1-3H3,(H,21,27)/t9-,12-,13-,15-,19-/m0/s1. The predicted octanol–water partition coefficient (Wildman–Crippen LogP) is 0.396. The molecule has 5 atom stereocenters. The van der Waals surface area contributed by atoms with Gasteiger partial charge in [0.2, 0.25) is 17.7 Å². The summed E-state index contributed by atoms with van der Waals surface area (Å²) in [5.74, 6) is -3.02. The summed E-state index contributed by atoms with van der Waals surface area (Å²) in [4.78, 5) is 40.6. The number of anilines is 1. The molecular weight excluding hydrogens is 386 g/mol. The molecule has 0 radical (unpaired) electrons. The molecule has 2 fully saturated rings. The first kappa shape index (κ1) is 19.3. The van der Waals surface area contributed by atoms with Crippen LogP contribution < -0.4 is 10.6 Å². The molecule has 3 aliphatic heterocycles. The summed E-state index contributed by atoms with van der Waals surface area (Å²) < 4.78 is 5.02. The number of fused-ring (bicyclic) bond motifs is 4. The maximum absolute atomic E-state index is 13.3. The van der Waals surface area contributed by atoms with Gasteiger partial charge in [0.1, 0.15) is 5.54 Å². The van der Waals surface area contributed by atoms with E-state index in [4.69, 9.17) is 16.3 Å². The van der Waals surface area contributed by atoms with Crippen molar-refractivity contribution in [3.63, 3.8) is 0 Å². The summed E-state index contributed by atoms with van der Waals surface area (Å²) >= 11 is 6.20. The fourth-order valence-corrected chi connectivity index (χ4v) is 4.95. The minimum atomic E-state index is -1.43. The highest BCUT2D eigenvalue weighted by Gasteiger charge is 2.71. The lowest BCUT2D eigenvalue weighted by Gasteiger charge is -2.30. The number of aliphatic hydroxyl groups is 1. The van der Waals surface area contributed by atoms with Crippen LogP contribution in [0.1, 0.15) is 18.1 Å². The van der Waals surface area contributed by atoms with Crippen LogP contribution in [0.3, 0.4) is 0 Å². The molecule has 8 nitrogen and oxygen atoms in total. The van der Waals surface area contributed by atoms with Gasteiger partial charge in [-0.1, -0.05) is 17.7 Å². The van der Waals surface area contributed by atoms with Crippen molar-refractivity contribution in [3.8, 4) is 0 Å². The number of methoxy groups -OCH3 is 1. The summed E-state index contributed by atoms with van der Waals surface area (Å²) in [5.41, 5.74) is 0.389. The lowest BCUT2D eigenvalue weighted by Crippen LogP contribution is -2.55. The fraction of sp³-hybridized carbons (Fsp3) is 0.526. The van der Waals surface area contributed by atoms with Gasteiger partial charge in [-0.2, -0.15) is 0 Å². The number of carbonyl (C=O) groups excluding carboxylic acids is 3. The van der Waals surface area contributed by atoms with Gasteiger partial charge in [-0.15, -0.1) is 0 Å². The van der Waals surface area contributed by atoms with E-state index in [0.29, 0.717) is 21.8 Å². The van der Waals surface area contributed by atoms with E-state index in [1.165, 1.54) is 7.11 Å². The third-order valence-corrected chi connectivity index (χ3v) is 6.56. The van der Waals surface area contributed by atoms with Crippen LogP contribution >= 0.6 is 11.6 Å². The number of hydrogen-bond acceptors (Lipinski definition) is 6. The smallest absolute Gasteiger partial charge is 0.250 e. The number of benzene rings is 1. The van der Waals surface area contributed by atoms with Crippen LogP contribution in [0.4, 0.5) is 5.69 Å². The number of carbonyl (C=O) groups is 3. The van der Waals surface area contributed by atoms with Crippen LogP contribution in [0, 0.1) is 18.8 Å². The normalized spacial score (nSPS) is 32.1. The van der Waals surface area contributed by atoms with Crippen LogP contribution in [0.2, 0.25) is 5.02 Å². The van der Waals surface area contributed by atoms with E-state index in [0.717, 1.165) is 4.90 Å². The first-order chi connectivity index (χ1) is 13.3. The number of nitrogens with one attached hydrogen (secondary N) is 2. The topological polar surface area (TPSA) is 108 Å². The van der Waals surface area contributed by atoms with Crippen molar-refractivity contribution in [2.75, 3.05) is 25.6 Å². The van der Waals surface area contributed by atoms with Crippen molar-refractivity contribution >= 4 is 35.0 Å². The molecule has 3 amide bonds. The average Bonchev–Trinajstić information content (AvgIpc) is 3.23. The van der Waals surface area contributed by atoms with Gasteiger partial charge >= 0.3 is 0 Å². The average molecular weight is 408 g/mol. The predicted molar refractivity (Wildman–Crippen MR) is 101 cm³/mol. The summed E-state index contributed by atoms with van der Waals surface area (Å²) in [6.07, 6.45) is -0.934. The second-order valence-corrected chi connectivity index (χ2v) is 8.00. The lowest BCUT2D eigenvalue weighted by molar-refractivity contribution is -0.143. The highest BCUT2D eigenvalue weighted by molar-refractivity contribution is 6.32. The van der Waals surface area contributed by atoms with Crippen molar-refractivity contribution in [2.24, 2.45) is 11.8 Å². The molecule has 1 aromatic carbocycles. The number of amides is 3. The van der Waals surface area contributed by atoms with Crippen LogP contribution in [0.5, 0.6) is 0 Å². The Morgan fingerprint density at radius 1 is 1.32 bits per heavy atom. The third kappa shape index (κ3) is 2.32. The Labute approximate surface area is 167 Å². The number of imide groups is 1. The summed E-state index contributed by atoms with van der Waals surface area (Å²) in [5, 5.41) is 16.8. The van der Waals surface area contributed by atoms with Gasteiger partial charge in [-0.25, -0.2) is 0 Å². The SMILES string of the molecule is COCCN1C(=O)[C@@H]2[C@H]([C@H](C)O)N[C@]3(C(=O)Nc4c3ccc(Cl)c4C)[C@@H]2C1=O. The van der Waals surface area contributed by atoms with E-state index in [9.17, 15) is 19.5 Å². The van der Waals surface area contributed by atoms with Gasteiger partial charge in [0.25, 0.3) is 0 Å². The molecule has 0 bridgehead atoms. The van der Waals surface area contributed by atoms with E-state index in [1.54, 1.807) is 26.0 Å². The molecule has 0 unspecified atom stereocenters. The zero-order valence-electron chi connectivity index (χ0n) is 15.8. The molecule has 150 valence electrons. The molecule has 3 aliphatic rings. The van der Waals surface area contributed by atoms with Gasteiger partial charge in [-0.05, 0) is 25.5 Å². The Morgan fingerprint density at radius 3 is 2.68 bits per heavy atom. The number of rotatable bonds is 4. The Morgan fingerprint density at radius 2 is 2.04 bits per heavy atom. The first-order valence-electron chi connectivity index (χ1n) is 9.16. The van der Waals surface area contributed by atoms with Gasteiger partial charge in [-0.3, -0.25) is 24.6 Å². The Balaban J connectivity index is 1.88. The van der Waals surface area contributed by atoms with Crippen molar-refractivity contribution in [1.82, 2.24) is 10.2 Å². The molecule has 1 spiro atoms. The molecule has 9 heteroatoms. The largest absolute Gasteiger partial charge is 0.392 e. The van der Waals surface area contributed by atoms with Crippen LogP contribution in [-0.4, -0.2) is 60.1 Å². The molecular formula is C19H22ClN3O5. The van der Waals surface area contributed by atoms with E-state index < -0.39 is 47.2 Å². The van der Waals surface area contributed by atoms with Gasteiger partial charge in [0.15, 0.2) is 0 Å². The number of aliphatic hydroxyl groups excluding tert-OH is 1. The minimum Gasteiger partial charge on any atom is -0.392 e. The van der Waals surface area contributed by atoms with E-state index >= 15 is 0 Å². The minimum absolute atomic E-state index is 0.109. The number of hydrogen-bond donors (Lipinski definition) is 3. The van der Waals surface area contributed by atoms with Crippen LogP contribution in [-0.2, 0) is 24.7 Å². The van der Waals surface area contributed by atoms with Gasteiger partial charge in [0, 0.05) is 23.7 Å². The molecule has 3 heterocycles. The third-order valence-electron chi connectivity index (χ3n) is 6.15. The maximum Gasteiger partial charge on any atom is 0.250 e. The molecule has 28 heavy (non-hydrogen) atoms. The number of halogens is 1. The highest BCUT2D eigenvalue weighted by atomic mass is 35.5. The molecule has 1 aromatic rings. The molecule has 2 saturated heterocycles. The molecule has 0 saturated carbocycles. The second-order valence-electron chi connectivity index (χ2n) is 7.59. The number of likely N-dealkylation sites (tertiary alicyclic amines) is 1. The summed E-state index contributed by atoms with van der Waals surface area (Å²) in [7, 11) is 1.49. The quantitative estimate of drug-likeness (QED) is 0.623. The zero-order valence-corrected chi connectivity index (χ0v) is 16.5. The van der Waals surface area contributed by atoms with Crippen molar-refractivity contribution < 1.29 is 24.2 Å². The van der Waals surface area contributed by atoms with Gasteiger partial charge in [0.05, 0.1) is 36.8 Å². The van der Waals surface area contributed by atoms with Gasteiger partial charge < -0.3 is 15.2 Å². The maximum atomic E-state index is 13.3. The monoisotopic (exact) mass is 407 g/mol. The molecule has 3 N–H and O–H groups in total. The number of ether oxygens (including phenoxy) is 1. The van der Waals surface area contributed by atoms with E-state index in [1.807, 2.05) is 0 Å². The highest BCUT2D eigenvalue weighted by Crippen LogP contribution is 2.54. The Kier molecular flexibility index (Phi) is 4.50. The van der Waals surface area contributed by atoms with Crippen molar-refractivity contribution in [1.29, 1.82) is 0 Å². The van der Waals surface area contributed by atoms with Crippen LogP contribution in [0.25, 0.3) is 0 Å². The molecule has 0 aromatic heterocycles. The summed E-state index contributed by atoms with van der Waals surface area (Å²) in [6, 6.07) is 2.64. The Bertz CT molecular complexity index is 889. The van der Waals surface area contributed by atoms with E-state index in [2.05, 4.69) is 10.6 Å². The van der Waals surface area contributed by atoms with Crippen LogP contribution in [0.15, 0.2) is 12.1 Å². The molecule has 0 aliphatic carbocycles.